The van der Waals surface area contributed by atoms with Crippen molar-refractivity contribution in [3.05, 3.63) is 70.2 Å². The molecule has 2 aromatic carbocycles. The van der Waals surface area contributed by atoms with E-state index in [9.17, 15) is 9.59 Å². The fraction of sp³-hybridized carbons (Fsp3) is 0.440. The molecule has 7 heteroatoms. The summed E-state index contributed by atoms with van der Waals surface area (Å²) in [6.07, 6.45) is 0.780. The first-order chi connectivity index (χ1) is 15.2. The van der Waals surface area contributed by atoms with Crippen LogP contribution < -0.4 is 5.32 Å². The summed E-state index contributed by atoms with van der Waals surface area (Å²) in [6.45, 7) is 6.47. The summed E-state index contributed by atoms with van der Waals surface area (Å²) in [7, 11) is 1.38. The van der Waals surface area contributed by atoms with Crippen molar-refractivity contribution in [1.82, 2.24) is 10.2 Å². The number of carbonyl (C=O) groups is 2. The molecule has 2 aromatic rings. The highest BCUT2D eigenvalue weighted by atomic mass is 35.5. The Morgan fingerprint density at radius 1 is 1.12 bits per heavy atom. The van der Waals surface area contributed by atoms with Gasteiger partial charge >= 0.3 is 12.1 Å². The van der Waals surface area contributed by atoms with E-state index in [1.807, 2.05) is 51.1 Å². The number of halogens is 1. The van der Waals surface area contributed by atoms with Crippen molar-refractivity contribution in [3.8, 4) is 0 Å². The summed E-state index contributed by atoms with van der Waals surface area (Å²) in [5.74, 6) is -0.347. The number of methoxy groups -OCH3 is 1. The third-order valence-corrected chi connectivity index (χ3v) is 5.67. The molecule has 172 valence electrons. The van der Waals surface area contributed by atoms with Gasteiger partial charge in [0.15, 0.2) is 0 Å². The van der Waals surface area contributed by atoms with Gasteiger partial charge in [-0.25, -0.2) is 4.79 Å². The summed E-state index contributed by atoms with van der Waals surface area (Å²) in [6, 6.07) is 14.8. The molecule has 0 saturated heterocycles. The van der Waals surface area contributed by atoms with E-state index in [1.54, 1.807) is 17.0 Å². The van der Waals surface area contributed by atoms with E-state index < -0.39 is 11.6 Å². The van der Waals surface area contributed by atoms with Crippen LogP contribution in [0.15, 0.2) is 48.5 Å². The summed E-state index contributed by atoms with van der Waals surface area (Å²) >= 11 is 5.98. The maximum Gasteiger partial charge on any atom is 0.410 e. The molecule has 1 heterocycles. The molecule has 0 bridgehead atoms. The molecule has 3 rings (SSSR count). The van der Waals surface area contributed by atoms with Crippen molar-refractivity contribution in [2.45, 2.75) is 57.8 Å². The van der Waals surface area contributed by atoms with Crippen molar-refractivity contribution >= 4 is 23.7 Å². The number of fused-ring (bicyclic) bond motifs is 1. The minimum absolute atomic E-state index is 0.155. The molecular formula is C25H31ClN2O4. The van der Waals surface area contributed by atoms with Crippen LogP contribution in [0.3, 0.4) is 0 Å². The second-order valence-corrected chi connectivity index (χ2v) is 9.49. The Morgan fingerprint density at radius 2 is 1.78 bits per heavy atom. The molecule has 6 nitrogen and oxygen atoms in total. The molecule has 2 atom stereocenters. The molecule has 2 unspecified atom stereocenters. The molecule has 1 aliphatic heterocycles. The number of amides is 1. The number of benzene rings is 2. The maximum atomic E-state index is 13.0. The van der Waals surface area contributed by atoms with Gasteiger partial charge in [0.25, 0.3) is 0 Å². The molecule has 1 aliphatic rings. The summed E-state index contributed by atoms with van der Waals surface area (Å²) in [5, 5.41) is 3.97. The largest absolute Gasteiger partial charge is 0.468 e. The predicted octanol–water partition coefficient (Wildman–Crippen LogP) is 4.38. The number of carbonyl (C=O) groups excluding carboxylic acids is 2. The number of esters is 1. The van der Waals surface area contributed by atoms with Crippen LogP contribution in [0.4, 0.5) is 4.79 Å². The summed E-state index contributed by atoms with van der Waals surface area (Å²) in [4.78, 5) is 27.2. The number of hydrogen-bond acceptors (Lipinski definition) is 5. The highest BCUT2D eigenvalue weighted by molar-refractivity contribution is 6.30. The quantitative estimate of drug-likeness (QED) is 0.651. The third kappa shape index (κ3) is 6.47. The lowest BCUT2D eigenvalue weighted by Gasteiger charge is -2.38. The Kier molecular flexibility index (Phi) is 7.80. The predicted molar refractivity (Wildman–Crippen MR) is 125 cm³/mol. The van der Waals surface area contributed by atoms with Crippen LogP contribution in [-0.2, 0) is 33.7 Å². The first-order valence-corrected chi connectivity index (χ1v) is 11.2. The molecule has 0 aliphatic carbocycles. The maximum absolute atomic E-state index is 13.0. The van der Waals surface area contributed by atoms with Crippen LogP contribution in [-0.4, -0.2) is 48.3 Å². The van der Waals surface area contributed by atoms with Crippen molar-refractivity contribution in [3.63, 3.8) is 0 Å². The molecule has 0 spiro atoms. The minimum Gasteiger partial charge on any atom is -0.468 e. The van der Waals surface area contributed by atoms with Gasteiger partial charge in [-0.2, -0.15) is 0 Å². The van der Waals surface area contributed by atoms with E-state index in [-0.39, 0.29) is 18.1 Å². The topological polar surface area (TPSA) is 67.9 Å². The zero-order valence-electron chi connectivity index (χ0n) is 19.1. The van der Waals surface area contributed by atoms with Crippen LogP contribution >= 0.6 is 11.6 Å². The van der Waals surface area contributed by atoms with Gasteiger partial charge in [-0.05, 0) is 62.4 Å². The Morgan fingerprint density at radius 3 is 2.41 bits per heavy atom. The monoisotopic (exact) mass is 458 g/mol. The van der Waals surface area contributed by atoms with Crippen molar-refractivity contribution in [2.75, 3.05) is 13.7 Å². The van der Waals surface area contributed by atoms with Crippen LogP contribution in [0.25, 0.3) is 0 Å². The van der Waals surface area contributed by atoms with Crippen LogP contribution in [0.5, 0.6) is 0 Å². The molecule has 0 radical (unpaired) electrons. The van der Waals surface area contributed by atoms with Gasteiger partial charge in [0.05, 0.1) is 13.2 Å². The Balaban J connectivity index is 1.76. The Labute approximate surface area is 194 Å². The van der Waals surface area contributed by atoms with Gasteiger partial charge in [0.1, 0.15) is 11.6 Å². The van der Waals surface area contributed by atoms with Crippen molar-refractivity contribution in [2.24, 2.45) is 0 Å². The zero-order chi connectivity index (χ0) is 23.3. The fourth-order valence-corrected chi connectivity index (χ4v) is 3.95. The highest BCUT2D eigenvalue weighted by Crippen LogP contribution is 2.25. The number of nitrogens with one attached hydrogen (secondary N) is 1. The summed E-state index contributed by atoms with van der Waals surface area (Å²) < 4.78 is 10.7. The SMILES string of the molecule is COC(=O)C(Cc1ccc(Cl)cc1)NCC1Cc2ccccc2CN1C(=O)OC(C)(C)C. The molecule has 1 amide bonds. The number of rotatable bonds is 6. The average molecular weight is 459 g/mol. The summed E-state index contributed by atoms with van der Waals surface area (Å²) in [5.41, 5.74) is 2.69. The van der Waals surface area contributed by atoms with Gasteiger partial charge in [-0.1, -0.05) is 48.0 Å². The van der Waals surface area contributed by atoms with Crippen molar-refractivity contribution in [1.29, 1.82) is 0 Å². The van der Waals surface area contributed by atoms with E-state index in [0.29, 0.717) is 31.0 Å². The third-order valence-electron chi connectivity index (χ3n) is 5.42. The van der Waals surface area contributed by atoms with Gasteiger partial charge in [0.2, 0.25) is 0 Å². The molecule has 32 heavy (non-hydrogen) atoms. The second kappa shape index (κ2) is 10.4. The van der Waals surface area contributed by atoms with Gasteiger partial charge < -0.3 is 14.8 Å². The number of ether oxygens (including phenoxy) is 2. The lowest BCUT2D eigenvalue weighted by atomic mass is 9.94. The Hall–Kier alpha value is -2.57. The first-order valence-electron chi connectivity index (χ1n) is 10.8. The normalized spacial score (nSPS) is 16.8. The Bertz CT molecular complexity index is 940. The van der Waals surface area contributed by atoms with Gasteiger partial charge in [0, 0.05) is 18.1 Å². The van der Waals surface area contributed by atoms with E-state index in [0.717, 1.165) is 11.1 Å². The number of nitrogens with zero attached hydrogens (tertiary/aromatic N) is 1. The van der Waals surface area contributed by atoms with Crippen molar-refractivity contribution < 1.29 is 19.1 Å². The van der Waals surface area contributed by atoms with E-state index in [1.165, 1.54) is 12.7 Å². The lowest BCUT2D eigenvalue weighted by molar-refractivity contribution is -0.143. The molecular weight excluding hydrogens is 428 g/mol. The minimum atomic E-state index is -0.588. The zero-order valence-corrected chi connectivity index (χ0v) is 19.8. The number of hydrogen-bond donors (Lipinski definition) is 1. The highest BCUT2D eigenvalue weighted by Gasteiger charge is 2.33. The van der Waals surface area contributed by atoms with Crippen LogP contribution in [0.1, 0.15) is 37.5 Å². The lowest BCUT2D eigenvalue weighted by Crippen LogP contribution is -2.53. The second-order valence-electron chi connectivity index (χ2n) is 9.05. The smallest absolute Gasteiger partial charge is 0.410 e. The molecule has 0 aromatic heterocycles. The molecule has 0 fully saturated rings. The first kappa shape index (κ1) is 24.1. The average Bonchev–Trinajstić information content (AvgIpc) is 2.75. The fourth-order valence-electron chi connectivity index (χ4n) is 3.82. The van der Waals surface area contributed by atoms with Gasteiger partial charge in [-0.3, -0.25) is 9.69 Å². The standard InChI is InChI=1S/C25H31ClN2O4/c1-25(2,3)32-24(30)28-16-19-8-6-5-7-18(19)14-21(28)15-27-22(23(29)31-4)13-17-9-11-20(26)12-10-17/h5-12,21-22,27H,13-16H2,1-4H3. The van der Waals surface area contributed by atoms with E-state index in [2.05, 4.69) is 11.4 Å². The van der Waals surface area contributed by atoms with E-state index in [4.69, 9.17) is 21.1 Å². The molecule has 1 N–H and O–H groups in total. The van der Waals surface area contributed by atoms with E-state index >= 15 is 0 Å². The van der Waals surface area contributed by atoms with Gasteiger partial charge in [-0.15, -0.1) is 0 Å². The van der Waals surface area contributed by atoms with Crippen LogP contribution in [0.2, 0.25) is 5.02 Å². The molecule has 0 saturated carbocycles. The van der Waals surface area contributed by atoms with Crippen LogP contribution in [0, 0.1) is 0 Å².